The molecule has 2 atom stereocenters. The molecule has 0 aromatic heterocycles. The van der Waals surface area contributed by atoms with E-state index >= 15 is 0 Å². The van der Waals surface area contributed by atoms with Crippen LogP contribution in [0.3, 0.4) is 0 Å². The summed E-state index contributed by atoms with van der Waals surface area (Å²) in [6.45, 7) is 1.42. The maximum atomic E-state index is 13.0. The lowest BCUT2D eigenvalue weighted by molar-refractivity contribution is -0.157. The number of hydrogen-bond donors (Lipinski definition) is 1. The second-order valence-electron chi connectivity index (χ2n) is 7.11. The standard InChI is InChI=1S/C21H21NO5/c23-19(22-12-16-13-26-10-9-21(16,14-22)20(24)25)15-5-4-8-18(11-15)27-17-6-2-1-3-7-17/h1-8,11,16H,9-10,12-14H2,(H,24,25)/t16-,21+/m0/s1. The molecule has 140 valence electrons. The van der Waals surface area contributed by atoms with E-state index in [4.69, 9.17) is 9.47 Å². The van der Waals surface area contributed by atoms with E-state index in [9.17, 15) is 14.7 Å². The van der Waals surface area contributed by atoms with E-state index in [1.807, 2.05) is 30.3 Å². The summed E-state index contributed by atoms with van der Waals surface area (Å²) in [5, 5.41) is 9.76. The lowest BCUT2D eigenvalue weighted by Gasteiger charge is -2.33. The Labute approximate surface area is 157 Å². The van der Waals surface area contributed by atoms with Crippen molar-refractivity contribution in [1.29, 1.82) is 0 Å². The van der Waals surface area contributed by atoms with Gasteiger partial charge < -0.3 is 19.5 Å². The van der Waals surface area contributed by atoms with Gasteiger partial charge in [0.2, 0.25) is 0 Å². The minimum absolute atomic E-state index is 0.170. The van der Waals surface area contributed by atoms with Crippen molar-refractivity contribution < 1.29 is 24.2 Å². The number of rotatable bonds is 4. The summed E-state index contributed by atoms with van der Waals surface area (Å²) < 4.78 is 11.3. The monoisotopic (exact) mass is 367 g/mol. The number of fused-ring (bicyclic) bond motifs is 1. The van der Waals surface area contributed by atoms with Crippen molar-refractivity contribution in [2.45, 2.75) is 6.42 Å². The third kappa shape index (κ3) is 3.28. The van der Waals surface area contributed by atoms with Gasteiger partial charge in [-0.15, -0.1) is 0 Å². The highest BCUT2D eigenvalue weighted by molar-refractivity contribution is 5.95. The van der Waals surface area contributed by atoms with Crippen molar-refractivity contribution in [3.05, 3.63) is 60.2 Å². The summed E-state index contributed by atoms with van der Waals surface area (Å²) in [7, 11) is 0. The first kappa shape index (κ1) is 17.5. The molecule has 2 saturated heterocycles. The van der Waals surface area contributed by atoms with Crippen LogP contribution < -0.4 is 4.74 Å². The lowest BCUT2D eigenvalue weighted by atomic mass is 9.74. The zero-order valence-corrected chi connectivity index (χ0v) is 14.8. The van der Waals surface area contributed by atoms with Gasteiger partial charge in [-0.3, -0.25) is 9.59 Å². The molecular weight excluding hydrogens is 346 g/mol. The van der Waals surface area contributed by atoms with Gasteiger partial charge >= 0.3 is 5.97 Å². The van der Waals surface area contributed by atoms with Crippen LogP contribution in [0, 0.1) is 11.3 Å². The molecule has 1 N–H and O–H groups in total. The van der Waals surface area contributed by atoms with Gasteiger partial charge in [-0.05, 0) is 36.8 Å². The fraction of sp³-hybridized carbons (Fsp3) is 0.333. The van der Waals surface area contributed by atoms with Crippen molar-refractivity contribution in [3.63, 3.8) is 0 Å². The maximum Gasteiger partial charge on any atom is 0.311 e. The first-order valence-electron chi connectivity index (χ1n) is 9.02. The Morgan fingerprint density at radius 2 is 1.89 bits per heavy atom. The highest BCUT2D eigenvalue weighted by Gasteiger charge is 2.54. The second kappa shape index (κ2) is 7.04. The Hall–Kier alpha value is -2.86. The van der Waals surface area contributed by atoms with Gasteiger partial charge in [0.1, 0.15) is 11.5 Å². The SMILES string of the molecule is O=C(c1cccc(Oc2ccccc2)c1)N1C[C@H]2COCC[C@@]2(C(=O)O)C1. The highest BCUT2D eigenvalue weighted by atomic mass is 16.5. The number of carbonyl (C=O) groups is 2. The van der Waals surface area contributed by atoms with Crippen LogP contribution in [-0.2, 0) is 9.53 Å². The van der Waals surface area contributed by atoms with E-state index in [0.717, 1.165) is 0 Å². The molecule has 0 bridgehead atoms. The topological polar surface area (TPSA) is 76.1 Å². The molecule has 2 heterocycles. The summed E-state index contributed by atoms with van der Waals surface area (Å²) in [5.41, 5.74) is -0.407. The van der Waals surface area contributed by atoms with Crippen LogP contribution in [0.25, 0.3) is 0 Å². The third-order valence-electron chi connectivity index (χ3n) is 5.48. The third-order valence-corrected chi connectivity index (χ3v) is 5.48. The van der Waals surface area contributed by atoms with E-state index in [0.29, 0.717) is 43.2 Å². The Morgan fingerprint density at radius 3 is 2.63 bits per heavy atom. The summed E-state index contributed by atoms with van der Waals surface area (Å²) in [5.74, 6) is 0.0727. The quantitative estimate of drug-likeness (QED) is 0.899. The number of benzene rings is 2. The summed E-state index contributed by atoms with van der Waals surface area (Å²) in [4.78, 5) is 26.5. The summed E-state index contributed by atoms with van der Waals surface area (Å²) in [6, 6.07) is 16.3. The average molecular weight is 367 g/mol. The number of aliphatic carboxylic acids is 1. The number of ether oxygens (including phenoxy) is 2. The van der Waals surface area contributed by atoms with Gasteiger partial charge in [-0.1, -0.05) is 24.3 Å². The van der Waals surface area contributed by atoms with Crippen molar-refractivity contribution in [1.82, 2.24) is 4.90 Å². The maximum absolute atomic E-state index is 13.0. The Morgan fingerprint density at radius 1 is 1.11 bits per heavy atom. The number of likely N-dealkylation sites (tertiary alicyclic amines) is 1. The van der Waals surface area contributed by atoms with E-state index < -0.39 is 11.4 Å². The molecule has 0 spiro atoms. The Balaban J connectivity index is 1.53. The molecule has 0 aliphatic carbocycles. The van der Waals surface area contributed by atoms with Crippen LogP contribution in [0.4, 0.5) is 0 Å². The lowest BCUT2D eigenvalue weighted by Crippen LogP contribution is -2.45. The van der Waals surface area contributed by atoms with E-state index in [2.05, 4.69) is 0 Å². The Kier molecular flexibility index (Phi) is 4.58. The van der Waals surface area contributed by atoms with Crippen LogP contribution in [-0.4, -0.2) is 48.2 Å². The van der Waals surface area contributed by atoms with Gasteiger partial charge in [0.25, 0.3) is 5.91 Å². The molecule has 6 heteroatoms. The van der Waals surface area contributed by atoms with Crippen molar-refractivity contribution in [3.8, 4) is 11.5 Å². The van der Waals surface area contributed by atoms with Gasteiger partial charge in [-0.25, -0.2) is 0 Å². The zero-order chi connectivity index (χ0) is 18.9. The number of carboxylic acids is 1. The van der Waals surface area contributed by atoms with Crippen LogP contribution in [0.15, 0.2) is 54.6 Å². The molecule has 2 fully saturated rings. The van der Waals surface area contributed by atoms with Gasteiger partial charge in [0.15, 0.2) is 0 Å². The van der Waals surface area contributed by atoms with Gasteiger partial charge in [-0.2, -0.15) is 0 Å². The van der Waals surface area contributed by atoms with E-state index in [1.54, 1.807) is 29.2 Å². The average Bonchev–Trinajstić information content (AvgIpc) is 3.09. The van der Waals surface area contributed by atoms with Gasteiger partial charge in [0.05, 0.1) is 12.0 Å². The van der Waals surface area contributed by atoms with Crippen LogP contribution in [0.2, 0.25) is 0 Å². The van der Waals surface area contributed by atoms with Crippen molar-refractivity contribution >= 4 is 11.9 Å². The predicted octanol–water partition coefficient (Wildman–Crippen LogP) is 3.04. The van der Waals surface area contributed by atoms with Crippen molar-refractivity contribution in [2.75, 3.05) is 26.3 Å². The number of para-hydroxylation sites is 1. The van der Waals surface area contributed by atoms with E-state index in [-0.39, 0.29) is 18.4 Å². The first-order chi connectivity index (χ1) is 13.1. The molecule has 1 amide bonds. The number of carboxylic acid groups (broad SMARTS) is 1. The fourth-order valence-electron chi connectivity index (χ4n) is 3.95. The largest absolute Gasteiger partial charge is 0.481 e. The number of nitrogens with zero attached hydrogens (tertiary/aromatic N) is 1. The zero-order valence-electron chi connectivity index (χ0n) is 14.8. The predicted molar refractivity (Wildman–Crippen MR) is 97.9 cm³/mol. The molecule has 2 aliphatic rings. The molecule has 6 nitrogen and oxygen atoms in total. The second-order valence-corrected chi connectivity index (χ2v) is 7.11. The molecule has 2 aliphatic heterocycles. The number of hydrogen-bond acceptors (Lipinski definition) is 4. The minimum atomic E-state index is -0.897. The van der Waals surface area contributed by atoms with Gasteiger partial charge in [0, 0.05) is 31.2 Å². The molecule has 0 saturated carbocycles. The molecule has 4 rings (SSSR count). The molecular formula is C21H21NO5. The molecule has 2 aromatic rings. The number of amides is 1. The van der Waals surface area contributed by atoms with Crippen molar-refractivity contribution in [2.24, 2.45) is 11.3 Å². The van der Waals surface area contributed by atoms with Crippen LogP contribution >= 0.6 is 0 Å². The molecule has 0 unspecified atom stereocenters. The minimum Gasteiger partial charge on any atom is -0.481 e. The number of carbonyl (C=O) groups excluding carboxylic acids is 1. The normalized spacial score (nSPS) is 24.3. The summed E-state index contributed by atoms with van der Waals surface area (Å²) >= 11 is 0. The smallest absolute Gasteiger partial charge is 0.311 e. The molecule has 0 radical (unpaired) electrons. The fourth-order valence-corrected chi connectivity index (χ4v) is 3.95. The molecule has 2 aromatic carbocycles. The summed E-state index contributed by atoms with van der Waals surface area (Å²) in [6.07, 6.45) is 0.438. The van der Waals surface area contributed by atoms with Crippen LogP contribution in [0.1, 0.15) is 16.8 Å². The first-order valence-corrected chi connectivity index (χ1v) is 9.02. The van der Waals surface area contributed by atoms with E-state index in [1.165, 1.54) is 0 Å². The highest BCUT2D eigenvalue weighted by Crippen LogP contribution is 2.43. The Bertz CT molecular complexity index is 853. The molecule has 27 heavy (non-hydrogen) atoms. The van der Waals surface area contributed by atoms with Crippen LogP contribution in [0.5, 0.6) is 11.5 Å².